The Bertz CT molecular complexity index is 1710. The third-order valence-corrected chi connectivity index (χ3v) is 11.6. The lowest BCUT2D eigenvalue weighted by Gasteiger charge is -2.28. The lowest BCUT2D eigenvalue weighted by Crippen LogP contribution is -2.22. The van der Waals surface area contributed by atoms with Gasteiger partial charge >= 0.3 is 0 Å². The van der Waals surface area contributed by atoms with Gasteiger partial charge in [-0.3, -0.25) is 0 Å². The Balaban J connectivity index is 1.62. The molecule has 1 aliphatic heterocycles. The summed E-state index contributed by atoms with van der Waals surface area (Å²) in [5.41, 5.74) is 10.6. The van der Waals surface area contributed by atoms with Crippen LogP contribution in [0.5, 0.6) is 0 Å². The van der Waals surface area contributed by atoms with E-state index in [9.17, 15) is 0 Å². The maximum Gasteiger partial charge on any atom is 0.0479 e. The molecule has 5 aromatic rings. The van der Waals surface area contributed by atoms with Gasteiger partial charge in [-0.1, -0.05) is 36.8 Å². The van der Waals surface area contributed by atoms with E-state index < -0.39 is 0 Å². The van der Waals surface area contributed by atoms with Gasteiger partial charge < -0.3 is 0 Å². The summed E-state index contributed by atoms with van der Waals surface area (Å²) in [4.78, 5) is 4.44. The summed E-state index contributed by atoms with van der Waals surface area (Å²) in [6.07, 6.45) is 0. The topological polar surface area (TPSA) is 0 Å². The van der Waals surface area contributed by atoms with Crippen LogP contribution in [0.4, 0.5) is 0 Å². The molecule has 0 nitrogen and oxygen atoms in total. The second-order valence-corrected chi connectivity index (χ2v) is 12.5. The number of fused-ring (bicyclic) bond motifs is 6. The highest BCUT2D eigenvalue weighted by molar-refractivity contribution is 8.03. The maximum absolute atomic E-state index is 2.54. The highest BCUT2D eigenvalue weighted by Gasteiger charge is 2.51. The third kappa shape index (κ3) is 1.64. The van der Waals surface area contributed by atoms with Crippen molar-refractivity contribution in [2.45, 2.75) is 45.3 Å². The summed E-state index contributed by atoms with van der Waals surface area (Å²) in [6.45, 7) is 11.7. The zero-order chi connectivity index (χ0) is 21.0. The van der Waals surface area contributed by atoms with Crippen LogP contribution in [0.25, 0.3) is 53.9 Å². The van der Waals surface area contributed by atoms with Crippen LogP contribution in [0.1, 0.15) is 47.6 Å². The fourth-order valence-corrected chi connectivity index (χ4v) is 9.69. The first-order chi connectivity index (χ1) is 14.9. The molecule has 0 N–H and O–H groups in total. The Labute approximate surface area is 190 Å². The summed E-state index contributed by atoms with van der Waals surface area (Å²) < 4.78 is 0. The Hall–Kier alpha value is -2.29. The van der Waals surface area contributed by atoms with Crippen molar-refractivity contribution in [1.82, 2.24) is 0 Å². The lowest BCUT2D eigenvalue weighted by atomic mass is 9.76. The molecule has 2 heteroatoms. The van der Waals surface area contributed by atoms with Gasteiger partial charge in [0.2, 0.25) is 0 Å². The molecule has 0 radical (unpaired) electrons. The van der Waals surface area contributed by atoms with Crippen molar-refractivity contribution in [3.8, 4) is 21.6 Å². The number of thiophene rings is 1. The quantitative estimate of drug-likeness (QED) is 0.215. The van der Waals surface area contributed by atoms with E-state index in [1.807, 2.05) is 11.3 Å². The van der Waals surface area contributed by atoms with Crippen molar-refractivity contribution in [2.75, 3.05) is 0 Å². The summed E-state index contributed by atoms with van der Waals surface area (Å²) in [5, 5.41) is 9.39. The summed E-state index contributed by atoms with van der Waals surface area (Å²) in [6, 6.07) is 14.7. The minimum absolute atomic E-state index is 0.110. The molecule has 31 heavy (non-hydrogen) atoms. The average molecular weight is 435 g/mol. The predicted octanol–water partition coefficient (Wildman–Crippen LogP) is 9.26. The van der Waals surface area contributed by atoms with Crippen molar-refractivity contribution in [3.05, 3.63) is 68.4 Å². The van der Waals surface area contributed by atoms with E-state index in [1.54, 1.807) is 22.1 Å². The number of aryl methyl sites for hydroxylation is 1. The lowest BCUT2D eigenvalue weighted by molar-refractivity contribution is 0.577. The van der Waals surface area contributed by atoms with Crippen molar-refractivity contribution < 1.29 is 0 Å². The van der Waals surface area contributed by atoms with Gasteiger partial charge in [0.1, 0.15) is 0 Å². The molecule has 3 aliphatic rings. The first kappa shape index (κ1) is 17.3. The van der Waals surface area contributed by atoms with Crippen LogP contribution >= 0.6 is 23.1 Å². The minimum Gasteiger partial charge on any atom is -0.140 e. The van der Waals surface area contributed by atoms with Gasteiger partial charge in [-0.2, -0.15) is 0 Å². The molecule has 0 fully saturated rings. The number of thioether (sulfide) groups is 1. The standard InChI is InChI=1S/C29H22S2/c1-12-14(3)30-27-18-8-6-17-11-21-26-19(28-29(21,5)13(2)15(4)31-28)9-7-16-10-20(22(12)27)25(18)23(17)24(16)26/h6-11,28H,1-5H3. The van der Waals surface area contributed by atoms with E-state index in [1.165, 1.54) is 63.8 Å². The van der Waals surface area contributed by atoms with Gasteiger partial charge in [0, 0.05) is 31.5 Å². The smallest absolute Gasteiger partial charge is 0.0479 e. The molecule has 0 spiro atoms. The zero-order valence-corrected chi connectivity index (χ0v) is 20.0. The van der Waals surface area contributed by atoms with E-state index >= 15 is 0 Å². The number of rotatable bonds is 0. The largest absolute Gasteiger partial charge is 0.140 e. The molecular weight excluding hydrogens is 412 g/mol. The maximum atomic E-state index is 2.54. The van der Waals surface area contributed by atoms with Crippen LogP contribution < -0.4 is 0 Å². The third-order valence-electron chi connectivity index (χ3n) is 8.76. The van der Waals surface area contributed by atoms with Gasteiger partial charge in [-0.05, 0) is 99.3 Å². The van der Waals surface area contributed by atoms with Crippen molar-refractivity contribution >= 4 is 55.4 Å². The first-order valence-corrected chi connectivity index (χ1v) is 12.8. The van der Waals surface area contributed by atoms with Gasteiger partial charge in [0.15, 0.2) is 0 Å². The summed E-state index contributed by atoms with van der Waals surface area (Å²) in [5.74, 6) is 0. The second kappa shape index (κ2) is 5.03. The fourth-order valence-electron chi connectivity index (χ4n) is 6.88. The van der Waals surface area contributed by atoms with Crippen LogP contribution in [-0.4, -0.2) is 0 Å². The Morgan fingerprint density at radius 2 is 1.55 bits per heavy atom. The summed E-state index contributed by atoms with van der Waals surface area (Å²) >= 11 is 4.06. The van der Waals surface area contributed by atoms with Crippen LogP contribution in [0, 0.1) is 13.8 Å². The van der Waals surface area contributed by atoms with E-state index in [0.29, 0.717) is 5.25 Å². The Morgan fingerprint density at radius 1 is 0.806 bits per heavy atom. The highest BCUT2D eigenvalue weighted by Crippen LogP contribution is 2.67. The van der Waals surface area contributed by atoms with Gasteiger partial charge in [0.05, 0.1) is 0 Å². The monoisotopic (exact) mass is 434 g/mol. The Morgan fingerprint density at radius 3 is 2.39 bits per heavy atom. The van der Waals surface area contributed by atoms with E-state index in [2.05, 4.69) is 82.8 Å². The summed E-state index contributed by atoms with van der Waals surface area (Å²) in [7, 11) is 0. The number of hydrogen-bond donors (Lipinski definition) is 0. The molecule has 8 rings (SSSR count). The van der Waals surface area contributed by atoms with Crippen LogP contribution in [-0.2, 0) is 5.41 Å². The fraction of sp³-hybridized carbons (Fsp3) is 0.241. The van der Waals surface area contributed by atoms with Crippen LogP contribution in [0.3, 0.4) is 0 Å². The molecule has 2 heterocycles. The van der Waals surface area contributed by atoms with E-state index in [4.69, 9.17) is 0 Å². The Kier molecular flexibility index (Phi) is 2.80. The average Bonchev–Trinajstić information content (AvgIpc) is 3.39. The van der Waals surface area contributed by atoms with Gasteiger partial charge in [0.25, 0.3) is 0 Å². The van der Waals surface area contributed by atoms with Crippen LogP contribution in [0.2, 0.25) is 0 Å². The molecule has 2 unspecified atom stereocenters. The van der Waals surface area contributed by atoms with Crippen molar-refractivity contribution in [1.29, 1.82) is 0 Å². The number of allylic oxidation sites excluding steroid dienone is 2. The highest BCUT2D eigenvalue weighted by atomic mass is 32.2. The molecule has 0 amide bonds. The second-order valence-electron chi connectivity index (χ2n) is 9.93. The number of benzene rings is 4. The molecule has 0 bridgehead atoms. The molecule has 2 aliphatic carbocycles. The van der Waals surface area contributed by atoms with Crippen molar-refractivity contribution in [2.24, 2.45) is 0 Å². The minimum atomic E-state index is 0.110. The van der Waals surface area contributed by atoms with Gasteiger partial charge in [-0.25, -0.2) is 0 Å². The predicted molar refractivity (Wildman–Crippen MR) is 138 cm³/mol. The van der Waals surface area contributed by atoms with E-state index in [-0.39, 0.29) is 5.41 Å². The molecule has 1 aromatic heterocycles. The normalized spacial score (nSPS) is 23.2. The van der Waals surface area contributed by atoms with E-state index in [0.717, 1.165) is 0 Å². The molecule has 2 atom stereocenters. The van der Waals surface area contributed by atoms with Crippen molar-refractivity contribution in [3.63, 3.8) is 0 Å². The molecule has 4 aromatic carbocycles. The zero-order valence-electron chi connectivity index (χ0n) is 18.4. The van der Waals surface area contributed by atoms with Crippen LogP contribution in [0.15, 0.2) is 46.9 Å². The number of hydrogen-bond acceptors (Lipinski definition) is 2. The SMILES string of the molecule is CC1=C(C)C2(C)c3cc4ccc5c6c(cc7ccc(c3c7c46)C2S1)-c1c-5sc(C)c1C. The van der Waals surface area contributed by atoms with Gasteiger partial charge in [-0.15, -0.1) is 23.1 Å². The first-order valence-electron chi connectivity index (χ1n) is 11.2. The molecule has 0 saturated heterocycles. The molecule has 0 saturated carbocycles. The molecule has 150 valence electrons. The molecular formula is C29H22S2.